The molecule has 0 aliphatic carbocycles. The van der Waals surface area contributed by atoms with Crippen LogP contribution in [0.4, 0.5) is 10.5 Å². The van der Waals surface area contributed by atoms with E-state index in [1.54, 1.807) is 29.2 Å². The normalized spacial score (nSPS) is 22.1. The fourth-order valence-electron chi connectivity index (χ4n) is 2.72. The third kappa shape index (κ3) is 1.85. The number of imide groups is 1. The molecular formula is C14H16N2O3. The van der Waals surface area contributed by atoms with Crippen molar-refractivity contribution in [3.8, 4) is 5.75 Å². The van der Waals surface area contributed by atoms with E-state index in [1.807, 2.05) is 6.92 Å². The van der Waals surface area contributed by atoms with Crippen molar-refractivity contribution in [2.75, 3.05) is 18.1 Å². The fourth-order valence-corrected chi connectivity index (χ4v) is 2.72. The minimum atomic E-state index is -0.251. The zero-order valence-corrected chi connectivity index (χ0v) is 10.8. The SMILES string of the molecule is CCOc1ccc(N2C(=O)[C@@H]3CCCN3C2=O)cc1. The number of urea groups is 1. The Bertz CT molecular complexity index is 490. The number of rotatable bonds is 3. The molecule has 0 saturated carbocycles. The lowest BCUT2D eigenvalue weighted by Crippen LogP contribution is -2.32. The molecule has 2 aliphatic heterocycles. The molecule has 100 valence electrons. The van der Waals surface area contributed by atoms with E-state index in [1.165, 1.54) is 4.90 Å². The van der Waals surface area contributed by atoms with E-state index in [0.717, 1.165) is 18.6 Å². The van der Waals surface area contributed by atoms with Gasteiger partial charge in [-0.2, -0.15) is 0 Å². The van der Waals surface area contributed by atoms with Crippen LogP contribution < -0.4 is 9.64 Å². The lowest BCUT2D eigenvalue weighted by Gasteiger charge is -2.15. The summed E-state index contributed by atoms with van der Waals surface area (Å²) in [7, 11) is 0. The van der Waals surface area contributed by atoms with Crippen LogP contribution in [0, 0.1) is 0 Å². The summed E-state index contributed by atoms with van der Waals surface area (Å²) in [5, 5.41) is 0. The number of carbonyl (C=O) groups excluding carboxylic acids is 2. The molecule has 5 nitrogen and oxygen atoms in total. The first-order chi connectivity index (χ1) is 9.22. The quantitative estimate of drug-likeness (QED) is 0.781. The van der Waals surface area contributed by atoms with Crippen LogP contribution in [0.15, 0.2) is 24.3 Å². The highest BCUT2D eigenvalue weighted by Crippen LogP contribution is 2.31. The van der Waals surface area contributed by atoms with Crippen LogP contribution in [-0.4, -0.2) is 36.0 Å². The number of hydrogen-bond acceptors (Lipinski definition) is 3. The molecule has 5 heteroatoms. The molecule has 0 bridgehead atoms. The van der Waals surface area contributed by atoms with Gasteiger partial charge in [-0.1, -0.05) is 0 Å². The predicted octanol–water partition coefficient (Wildman–Crippen LogP) is 2.02. The van der Waals surface area contributed by atoms with Gasteiger partial charge in [-0.05, 0) is 44.0 Å². The minimum absolute atomic E-state index is 0.105. The van der Waals surface area contributed by atoms with Gasteiger partial charge in [0.25, 0.3) is 5.91 Å². The zero-order valence-electron chi connectivity index (χ0n) is 10.8. The molecule has 0 aromatic heterocycles. The molecular weight excluding hydrogens is 244 g/mol. The molecule has 0 spiro atoms. The van der Waals surface area contributed by atoms with Gasteiger partial charge in [-0.25, -0.2) is 9.69 Å². The summed E-state index contributed by atoms with van der Waals surface area (Å²) >= 11 is 0. The van der Waals surface area contributed by atoms with Gasteiger partial charge in [0.1, 0.15) is 11.8 Å². The Morgan fingerprint density at radius 3 is 2.63 bits per heavy atom. The summed E-state index contributed by atoms with van der Waals surface area (Å²) in [6.07, 6.45) is 1.69. The molecule has 2 fully saturated rings. The molecule has 3 amide bonds. The molecule has 3 rings (SSSR count). The van der Waals surface area contributed by atoms with E-state index in [2.05, 4.69) is 0 Å². The van der Waals surface area contributed by atoms with Crippen LogP contribution in [-0.2, 0) is 4.79 Å². The average Bonchev–Trinajstić information content (AvgIpc) is 2.97. The summed E-state index contributed by atoms with van der Waals surface area (Å²) in [6, 6.07) is 6.62. The van der Waals surface area contributed by atoms with Crippen molar-refractivity contribution < 1.29 is 14.3 Å². The van der Waals surface area contributed by atoms with Gasteiger partial charge in [0.2, 0.25) is 0 Å². The molecule has 2 aliphatic rings. The van der Waals surface area contributed by atoms with Crippen molar-refractivity contribution >= 4 is 17.6 Å². The fraction of sp³-hybridized carbons (Fsp3) is 0.429. The van der Waals surface area contributed by atoms with Crippen molar-refractivity contribution in [2.45, 2.75) is 25.8 Å². The number of hydrogen-bond donors (Lipinski definition) is 0. The van der Waals surface area contributed by atoms with Crippen molar-refractivity contribution in [3.05, 3.63) is 24.3 Å². The molecule has 19 heavy (non-hydrogen) atoms. The van der Waals surface area contributed by atoms with Crippen molar-refractivity contribution in [1.29, 1.82) is 0 Å². The Morgan fingerprint density at radius 2 is 2.00 bits per heavy atom. The molecule has 0 radical (unpaired) electrons. The first-order valence-electron chi connectivity index (χ1n) is 6.60. The molecule has 2 heterocycles. The van der Waals surface area contributed by atoms with Gasteiger partial charge in [-0.3, -0.25) is 4.79 Å². The number of ether oxygens (including phenoxy) is 1. The van der Waals surface area contributed by atoms with Crippen LogP contribution >= 0.6 is 0 Å². The van der Waals surface area contributed by atoms with Gasteiger partial charge < -0.3 is 9.64 Å². The zero-order chi connectivity index (χ0) is 13.4. The van der Waals surface area contributed by atoms with Crippen LogP contribution in [0.2, 0.25) is 0 Å². The van der Waals surface area contributed by atoms with Gasteiger partial charge in [0.15, 0.2) is 0 Å². The van der Waals surface area contributed by atoms with Gasteiger partial charge in [-0.15, -0.1) is 0 Å². The second-order valence-electron chi connectivity index (χ2n) is 4.73. The summed E-state index contributed by atoms with van der Waals surface area (Å²) in [5.74, 6) is 0.637. The second kappa shape index (κ2) is 4.57. The van der Waals surface area contributed by atoms with Gasteiger partial charge in [0, 0.05) is 6.54 Å². The van der Waals surface area contributed by atoms with Crippen LogP contribution in [0.3, 0.4) is 0 Å². The lowest BCUT2D eigenvalue weighted by molar-refractivity contribution is -0.119. The largest absolute Gasteiger partial charge is 0.494 e. The number of amides is 3. The third-order valence-electron chi connectivity index (χ3n) is 3.60. The highest BCUT2D eigenvalue weighted by Gasteiger charge is 2.47. The Labute approximate surface area is 111 Å². The number of anilines is 1. The van der Waals surface area contributed by atoms with Gasteiger partial charge in [0.05, 0.1) is 12.3 Å². The van der Waals surface area contributed by atoms with Crippen LogP contribution in [0.25, 0.3) is 0 Å². The number of fused-ring (bicyclic) bond motifs is 1. The maximum Gasteiger partial charge on any atom is 0.332 e. The first kappa shape index (κ1) is 12.0. The molecule has 1 aromatic carbocycles. The topological polar surface area (TPSA) is 49.9 Å². The summed E-state index contributed by atoms with van der Waals surface area (Å²) in [4.78, 5) is 27.4. The molecule has 1 atom stereocenters. The maximum absolute atomic E-state index is 12.2. The monoisotopic (exact) mass is 260 g/mol. The third-order valence-corrected chi connectivity index (χ3v) is 3.60. The Balaban J connectivity index is 1.86. The van der Waals surface area contributed by atoms with Crippen LogP contribution in [0.1, 0.15) is 19.8 Å². The van der Waals surface area contributed by atoms with Crippen molar-refractivity contribution in [2.24, 2.45) is 0 Å². The van der Waals surface area contributed by atoms with Crippen LogP contribution in [0.5, 0.6) is 5.75 Å². The Morgan fingerprint density at radius 1 is 1.26 bits per heavy atom. The standard InChI is InChI=1S/C14H16N2O3/c1-2-19-11-7-5-10(6-8-11)16-13(17)12-4-3-9-15(12)14(16)18/h5-8,12H,2-4,9H2,1H3/t12-/m0/s1. The second-order valence-corrected chi connectivity index (χ2v) is 4.73. The Kier molecular flexibility index (Phi) is 2.89. The maximum atomic E-state index is 12.2. The van der Waals surface area contributed by atoms with E-state index < -0.39 is 0 Å². The summed E-state index contributed by atoms with van der Waals surface area (Å²) < 4.78 is 5.35. The molecule has 0 N–H and O–H groups in total. The average molecular weight is 260 g/mol. The van der Waals surface area contributed by atoms with E-state index in [-0.39, 0.29) is 18.0 Å². The Hall–Kier alpha value is -2.04. The number of benzene rings is 1. The molecule has 0 unspecified atom stereocenters. The van der Waals surface area contributed by atoms with E-state index in [9.17, 15) is 9.59 Å². The molecule has 2 saturated heterocycles. The van der Waals surface area contributed by atoms with Gasteiger partial charge >= 0.3 is 6.03 Å². The van der Waals surface area contributed by atoms with E-state index in [4.69, 9.17) is 4.74 Å². The lowest BCUT2D eigenvalue weighted by atomic mass is 10.2. The van der Waals surface area contributed by atoms with Crippen molar-refractivity contribution in [1.82, 2.24) is 4.90 Å². The smallest absolute Gasteiger partial charge is 0.332 e. The number of carbonyl (C=O) groups is 2. The number of nitrogens with zero attached hydrogens (tertiary/aromatic N) is 2. The van der Waals surface area contributed by atoms with E-state index >= 15 is 0 Å². The van der Waals surface area contributed by atoms with E-state index in [0.29, 0.717) is 18.8 Å². The summed E-state index contributed by atoms with van der Waals surface area (Å²) in [5.41, 5.74) is 0.618. The molecule has 1 aromatic rings. The van der Waals surface area contributed by atoms with Crippen molar-refractivity contribution in [3.63, 3.8) is 0 Å². The highest BCUT2D eigenvalue weighted by atomic mass is 16.5. The highest BCUT2D eigenvalue weighted by molar-refractivity contribution is 6.21. The first-order valence-corrected chi connectivity index (χ1v) is 6.60. The summed E-state index contributed by atoms with van der Waals surface area (Å²) in [6.45, 7) is 3.19. The minimum Gasteiger partial charge on any atom is -0.494 e. The predicted molar refractivity (Wildman–Crippen MR) is 70.2 cm³/mol.